The van der Waals surface area contributed by atoms with E-state index < -0.39 is 5.95 Å². The molecule has 4 rings (SSSR count). The van der Waals surface area contributed by atoms with Crippen LogP contribution in [0.5, 0.6) is 0 Å². The van der Waals surface area contributed by atoms with Gasteiger partial charge in [-0.1, -0.05) is 23.2 Å². The van der Waals surface area contributed by atoms with Crippen LogP contribution in [0.1, 0.15) is 35.6 Å². The molecule has 2 amide bonds. The zero-order chi connectivity index (χ0) is 17.7. The third-order valence-corrected chi connectivity index (χ3v) is 5.81. The van der Waals surface area contributed by atoms with Crippen LogP contribution in [0.15, 0.2) is 24.4 Å². The van der Waals surface area contributed by atoms with E-state index in [0.29, 0.717) is 27.7 Å². The van der Waals surface area contributed by atoms with Crippen molar-refractivity contribution < 1.29 is 9.18 Å². The molecule has 0 aliphatic carbocycles. The quantitative estimate of drug-likeness (QED) is 0.698. The van der Waals surface area contributed by atoms with Crippen molar-refractivity contribution in [1.29, 1.82) is 0 Å². The fourth-order valence-electron chi connectivity index (χ4n) is 3.89. The molecule has 2 aliphatic rings. The van der Waals surface area contributed by atoms with Crippen molar-refractivity contribution in [1.82, 2.24) is 9.88 Å². The SMILES string of the molecule is Cc1cc(Cl)c(Cl)cc1NC(=O)N1[C@H]2CC[C@@H]1c1ccnc(F)c1C2. The molecule has 1 N–H and O–H groups in total. The molecule has 1 aromatic carbocycles. The molecule has 2 atom stereocenters. The van der Waals surface area contributed by atoms with E-state index in [4.69, 9.17) is 23.2 Å². The van der Waals surface area contributed by atoms with E-state index in [2.05, 4.69) is 10.3 Å². The number of halogens is 3. The van der Waals surface area contributed by atoms with Gasteiger partial charge in [0, 0.05) is 23.5 Å². The second-order valence-corrected chi connectivity index (χ2v) is 7.35. The maximum atomic E-state index is 14.0. The lowest BCUT2D eigenvalue weighted by Crippen LogP contribution is -2.44. The topological polar surface area (TPSA) is 45.2 Å². The van der Waals surface area contributed by atoms with Gasteiger partial charge in [0.2, 0.25) is 5.95 Å². The Morgan fingerprint density at radius 3 is 2.88 bits per heavy atom. The number of fused-ring (bicyclic) bond motifs is 4. The maximum Gasteiger partial charge on any atom is 0.322 e. The first-order valence-electron chi connectivity index (χ1n) is 8.14. The molecule has 4 nitrogen and oxygen atoms in total. The number of carbonyl (C=O) groups excluding carboxylic acids is 1. The standard InChI is InChI=1S/C18H16Cl2FN3O/c1-9-6-13(19)14(20)8-15(9)23-18(25)24-10-2-3-16(24)11-4-5-22-17(21)12(11)7-10/h4-6,8,10,16H,2-3,7H2,1H3,(H,23,25)/t10-,16+/m0/s1. The van der Waals surface area contributed by atoms with Gasteiger partial charge in [-0.25, -0.2) is 9.78 Å². The van der Waals surface area contributed by atoms with Crippen LogP contribution in [0.4, 0.5) is 14.9 Å². The summed E-state index contributed by atoms with van der Waals surface area (Å²) in [4.78, 5) is 18.5. The third-order valence-electron chi connectivity index (χ3n) is 5.08. The van der Waals surface area contributed by atoms with Gasteiger partial charge in [-0.05, 0) is 55.5 Å². The second-order valence-electron chi connectivity index (χ2n) is 6.54. The molecule has 25 heavy (non-hydrogen) atoms. The summed E-state index contributed by atoms with van der Waals surface area (Å²) in [6.07, 6.45) is 3.65. The van der Waals surface area contributed by atoms with Crippen LogP contribution >= 0.6 is 23.2 Å². The summed E-state index contributed by atoms with van der Waals surface area (Å²) < 4.78 is 14.0. The van der Waals surface area contributed by atoms with Crippen LogP contribution in [-0.4, -0.2) is 22.0 Å². The molecule has 130 valence electrons. The van der Waals surface area contributed by atoms with E-state index in [1.165, 1.54) is 6.20 Å². The molecule has 0 saturated carbocycles. The third kappa shape index (κ3) is 2.75. The van der Waals surface area contributed by atoms with Gasteiger partial charge in [-0.3, -0.25) is 0 Å². The summed E-state index contributed by atoms with van der Waals surface area (Å²) in [7, 11) is 0. The van der Waals surface area contributed by atoms with E-state index >= 15 is 0 Å². The fourth-order valence-corrected chi connectivity index (χ4v) is 4.27. The Morgan fingerprint density at radius 2 is 2.08 bits per heavy atom. The molecule has 1 saturated heterocycles. The van der Waals surface area contributed by atoms with Crippen LogP contribution in [0.3, 0.4) is 0 Å². The van der Waals surface area contributed by atoms with Gasteiger partial charge in [-0.15, -0.1) is 0 Å². The highest BCUT2D eigenvalue weighted by Gasteiger charge is 2.43. The van der Waals surface area contributed by atoms with E-state index in [-0.39, 0.29) is 18.1 Å². The fraction of sp³-hybridized carbons (Fsp3) is 0.333. The van der Waals surface area contributed by atoms with Crippen LogP contribution < -0.4 is 5.32 Å². The summed E-state index contributed by atoms with van der Waals surface area (Å²) >= 11 is 12.1. The van der Waals surface area contributed by atoms with Crippen LogP contribution in [0.25, 0.3) is 0 Å². The van der Waals surface area contributed by atoms with E-state index in [9.17, 15) is 9.18 Å². The number of rotatable bonds is 1. The van der Waals surface area contributed by atoms with Gasteiger partial charge in [0.15, 0.2) is 0 Å². The molecule has 0 spiro atoms. The van der Waals surface area contributed by atoms with Crippen LogP contribution in [0, 0.1) is 12.9 Å². The predicted molar refractivity (Wildman–Crippen MR) is 95.7 cm³/mol. The number of aryl methyl sites for hydroxylation is 1. The molecule has 0 unspecified atom stereocenters. The number of pyridine rings is 1. The number of benzene rings is 1. The minimum atomic E-state index is -0.421. The van der Waals surface area contributed by atoms with Gasteiger partial charge in [0.1, 0.15) is 0 Å². The average Bonchev–Trinajstić information content (AvgIpc) is 2.89. The summed E-state index contributed by atoms with van der Waals surface area (Å²) in [6.45, 7) is 1.86. The zero-order valence-corrected chi connectivity index (χ0v) is 15.0. The van der Waals surface area contributed by atoms with Crippen molar-refractivity contribution in [2.75, 3.05) is 5.32 Å². The Balaban J connectivity index is 1.63. The molecule has 2 bridgehead atoms. The van der Waals surface area contributed by atoms with Gasteiger partial charge < -0.3 is 10.2 Å². The summed E-state index contributed by atoms with van der Waals surface area (Å²) in [5.41, 5.74) is 2.97. The molecule has 7 heteroatoms. The minimum absolute atomic E-state index is 0.0146. The van der Waals surface area contributed by atoms with Crippen molar-refractivity contribution in [2.24, 2.45) is 0 Å². The number of hydrogen-bond donors (Lipinski definition) is 1. The Morgan fingerprint density at radius 1 is 1.32 bits per heavy atom. The smallest absolute Gasteiger partial charge is 0.314 e. The number of nitrogens with zero attached hydrogens (tertiary/aromatic N) is 2. The van der Waals surface area contributed by atoms with Crippen molar-refractivity contribution in [3.8, 4) is 0 Å². The monoisotopic (exact) mass is 379 g/mol. The lowest BCUT2D eigenvalue weighted by atomic mass is 9.95. The van der Waals surface area contributed by atoms with E-state index in [1.54, 1.807) is 12.1 Å². The summed E-state index contributed by atoms with van der Waals surface area (Å²) in [5.74, 6) is -0.421. The van der Waals surface area contributed by atoms with Gasteiger partial charge >= 0.3 is 6.03 Å². The van der Waals surface area contributed by atoms with Crippen molar-refractivity contribution in [2.45, 2.75) is 38.3 Å². The molecular formula is C18H16Cl2FN3O. The van der Waals surface area contributed by atoms with Gasteiger partial charge in [-0.2, -0.15) is 4.39 Å². The first kappa shape index (κ1) is 16.6. The number of aromatic nitrogens is 1. The van der Waals surface area contributed by atoms with Crippen molar-refractivity contribution >= 4 is 34.9 Å². The molecule has 3 heterocycles. The zero-order valence-electron chi connectivity index (χ0n) is 13.5. The molecule has 2 aromatic rings. The molecule has 2 aliphatic heterocycles. The number of urea groups is 1. The highest BCUT2D eigenvalue weighted by molar-refractivity contribution is 6.42. The average molecular weight is 380 g/mol. The Hall–Kier alpha value is -1.85. The van der Waals surface area contributed by atoms with Crippen molar-refractivity contribution in [3.63, 3.8) is 0 Å². The Labute approximate surface area is 154 Å². The molecule has 0 radical (unpaired) electrons. The highest BCUT2D eigenvalue weighted by atomic mass is 35.5. The minimum Gasteiger partial charge on any atom is -0.314 e. The van der Waals surface area contributed by atoms with Crippen LogP contribution in [-0.2, 0) is 6.42 Å². The maximum absolute atomic E-state index is 14.0. The number of anilines is 1. The Bertz CT molecular complexity index is 874. The number of amides is 2. The lowest BCUT2D eigenvalue weighted by Gasteiger charge is -2.36. The molecule has 1 aromatic heterocycles. The lowest BCUT2D eigenvalue weighted by molar-refractivity contribution is 0.178. The normalized spacial score (nSPS) is 21.2. The Kier molecular flexibility index (Phi) is 4.08. The molecule has 1 fully saturated rings. The second kappa shape index (κ2) is 6.15. The van der Waals surface area contributed by atoms with Crippen LogP contribution in [0.2, 0.25) is 10.0 Å². The first-order valence-corrected chi connectivity index (χ1v) is 8.89. The molecular weight excluding hydrogens is 364 g/mol. The van der Waals surface area contributed by atoms with Gasteiger partial charge in [0.25, 0.3) is 0 Å². The largest absolute Gasteiger partial charge is 0.322 e. The van der Waals surface area contributed by atoms with E-state index in [0.717, 1.165) is 24.0 Å². The first-order chi connectivity index (χ1) is 12.0. The number of nitrogens with one attached hydrogen (secondary N) is 1. The number of carbonyl (C=O) groups is 1. The van der Waals surface area contributed by atoms with E-state index in [1.807, 2.05) is 17.9 Å². The summed E-state index contributed by atoms with van der Waals surface area (Å²) in [6, 6.07) is 4.86. The number of hydrogen-bond acceptors (Lipinski definition) is 2. The summed E-state index contributed by atoms with van der Waals surface area (Å²) in [5, 5.41) is 3.77. The van der Waals surface area contributed by atoms with Gasteiger partial charge in [0.05, 0.1) is 16.1 Å². The predicted octanol–water partition coefficient (Wildman–Crippen LogP) is 5.13. The van der Waals surface area contributed by atoms with Crippen molar-refractivity contribution in [3.05, 3.63) is 57.1 Å². The highest BCUT2D eigenvalue weighted by Crippen LogP contribution is 2.44.